The average Bonchev–Trinajstić information content (AvgIpc) is 3.10. The Morgan fingerprint density at radius 2 is 2.32 bits per heavy atom. The van der Waals surface area contributed by atoms with Crippen LogP contribution in [0.4, 0.5) is 5.00 Å². The number of nitrogens with one attached hydrogen (secondary N) is 2. The smallest absolute Gasteiger partial charge is 0.340 e. The van der Waals surface area contributed by atoms with E-state index in [0.29, 0.717) is 22.2 Å². The lowest BCUT2D eigenvalue weighted by atomic mass is 10.2. The van der Waals surface area contributed by atoms with Crippen LogP contribution in [0.25, 0.3) is 0 Å². The van der Waals surface area contributed by atoms with Crippen LogP contribution < -0.4 is 10.6 Å². The van der Waals surface area contributed by atoms with Crippen LogP contribution in [0.2, 0.25) is 0 Å². The summed E-state index contributed by atoms with van der Waals surface area (Å²) < 4.78 is 6.58. The molecule has 0 fully saturated rings. The number of aryl methyl sites for hydroxylation is 2. The predicted molar refractivity (Wildman–Crippen MR) is 91.3 cm³/mol. The minimum absolute atomic E-state index is 0.368. The van der Waals surface area contributed by atoms with E-state index in [2.05, 4.69) is 15.7 Å². The highest BCUT2D eigenvalue weighted by molar-refractivity contribution is 7.80. The molecule has 0 saturated carbocycles. The third kappa shape index (κ3) is 3.83. The Labute approximate surface area is 138 Å². The Bertz CT molecular complexity index is 678. The number of thiocarbonyl (C=S) groups is 1. The molecule has 0 aliphatic carbocycles. The maximum absolute atomic E-state index is 11.8. The van der Waals surface area contributed by atoms with Gasteiger partial charge in [0.25, 0.3) is 0 Å². The van der Waals surface area contributed by atoms with Gasteiger partial charge in [-0.2, -0.15) is 5.10 Å². The molecule has 0 aliphatic heterocycles. The predicted octanol–water partition coefficient (Wildman–Crippen LogP) is 2.32. The van der Waals surface area contributed by atoms with E-state index in [1.54, 1.807) is 10.9 Å². The van der Waals surface area contributed by atoms with Gasteiger partial charge in [0.05, 0.1) is 24.9 Å². The van der Waals surface area contributed by atoms with Crippen molar-refractivity contribution in [1.29, 1.82) is 0 Å². The molecule has 8 heteroatoms. The SMILES string of the molecule is CCc1cc(C(=O)OC)c(NC(=S)NCc2ccnn2C)s1. The summed E-state index contributed by atoms with van der Waals surface area (Å²) in [4.78, 5) is 12.9. The number of nitrogens with zero attached hydrogens (tertiary/aromatic N) is 2. The number of ether oxygens (including phenoxy) is 1. The molecular weight excluding hydrogens is 320 g/mol. The highest BCUT2D eigenvalue weighted by Crippen LogP contribution is 2.29. The van der Waals surface area contributed by atoms with Crippen molar-refractivity contribution in [3.63, 3.8) is 0 Å². The van der Waals surface area contributed by atoms with Crippen LogP contribution in [0.5, 0.6) is 0 Å². The molecule has 2 rings (SSSR count). The van der Waals surface area contributed by atoms with Gasteiger partial charge in [0.1, 0.15) is 5.00 Å². The van der Waals surface area contributed by atoms with Gasteiger partial charge in [-0.3, -0.25) is 4.68 Å². The van der Waals surface area contributed by atoms with Crippen LogP contribution in [0.3, 0.4) is 0 Å². The summed E-state index contributed by atoms with van der Waals surface area (Å²) in [6.45, 7) is 2.59. The third-order valence-corrected chi connectivity index (χ3v) is 4.56. The zero-order valence-corrected chi connectivity index (χ0v) is 14.3. The van der Waals surface area contributed by atoms with Gasteiger partial charge >= 0.3 is 5.97 Å². The highest BCUT2D eigenvalue weighted by Gasteiger charge is 2.17. The van der Waals surface area contributed by atoms with Gasteiger partial charge in [-0.05, 0) is 30.8 Å². The monoisotopic (exact) mass is 338 g/mol. The number of carbonyl (C=O) groups is 1. The summed E-state index contributed by atoms with van der Waals surface area (Å²) in [6, 6.07) is 3.75. The van der Waals surface area contributed by atoms with Crippen LogP contribution in [0.1, 0.15) is 27.9 Å². The first kappa shape index (κ1) is 16.4. The molecule has 0 unspecified atom stereocenters. The number of esters is 1. The fourth-order valence-corrected chi connectivity index (χ4v) is 3.09. The second-order valence-corrected chi connectivity index (χ2v) is 6.10. The topological polar surface area (TPSA) is 68.2 Å². The normalized spacial score (nSPS) is 10.3. The second-order valence-electron chi connectivity index (χ2n) is 4.55. The molecule has 2 N–H and O–H groups in total. The van der Waals surface area contributed by atoms with E-state index in [1.165, 1.54) is 18.4 Å². The summed E-state index contributed by atoms with van der Waals surface area (Å²) in [7, 11) is 3.24. The lowest BCUT2D eigenvalue weighted by Crippen LogP contribution is -2.29. The van der Waals surface area contributed by atoms with E-state index in [9.17, 15) is 4.79 Å². The fourth-order valence-electron chi connectivity index (χ4n) is 1.86. The molecule has 118 valence electrons. The van der Waals surface area contributed by atoms with Crippen LogP contribution in [-0.4, -0.2) is 28.0 Å². The summed E-state index contributed by atoms with van der Waals surface area (Å²) in [6.07, 6.45) is 2.58. The van der Waals surface area contributed by atoms with Crippen LogP contribution in [0, 0.1) is 0 Å². The number of methoxy groups -OCH3 is 1. The molecule has 6 nitrogen and oxygen atoms in total. The van der Waals surface area contributed by atoms with Crippen molar-refractivity contribution >= 4 is 39.6 Å². The van der Waals surface area contributed by atoms with E-state index in [1.807, 2.05) is 26.1 Å². The molecule has 2 aromatic rings. The molecule has 0 spiro atoms. The molecule has 2 aromatic heterocycles. The van der Waals surface area contributed by atoms with E-state index in [-0.39, 0.29) is 5.97 Å². The van der Waals surface area contributed by atoms with Gasteiger partial charge in [-0.1, -0.05) is 6.92 Å². The molecule has 0 aromatic carbocycles. The van der Waals surface area contributed by atoms with Crippen LogP contribution >= 0.6 is 23.6 Å². The Hall–Kier alpha value is -1.93. The first-order valence-electron chi connectivity index (χ1n) is 6.78. The first-order chi connectivity index (χ1) is 10.5. The van der Waals surface area contributed by atoms with Crippen molar-refractivity contribution in [2.75, 3.05) is 12.4 Å². The van der Waals surface area contributed by atoms with Gasteiger partial charge in [-0.25, -0.2) is 4.79 Å². The number of thiophene rings is 1. The average molecular weight is 338 g/mol. The Morgan fingerprint density at radius 1 is 1.55 bits per heavy atom. The first-order valence-corrected chi connectivity index (χ1v) is 8.00. The molecule has 2 heterocycles. The van der Waals surface area contributed by atoms with Crippen molar-refractivity contribution in [2.24, 2.45) is 7.05 Å². The number of aromatic nitrogens is 2. The van der Waals surface area contributed by atoms with Gasteiger partial charge in [-0.15, -0.1) is 11.3 Å². The van der Waals surface area contributed by atoms with Crippen LogP contribution in [-0.2, 0) is 24.8 Å². The molecule has 0 atom stereocenters. The van der Waals surface area contributed by atoms with Crippen molar-refractivity contribution < 1.29 is 9.53 Å². The highest BCUT2D eigenvalue weighted by atomic mass is 32.1. The van der Waals surface area contributed by atoms with E-state index in [0.717, 1.165) is 17.0 Å². The molecular formula is C14H18N4O2S2. The van der Waals surface area contributed by atoms with Gasteiger partial charge in [0, 0.05) is 18.1 Å². The third-order valence-electron chi connectivity index (χ3n) is 3.12. The summed E-state index contributed by atoms with van der Waals surface area (Å²) in [5.41, 5.74) is 1.52. The largest absolute Gasteiger partial charge is 0.465 e. The lowest BCUT2D eigenvalue weighted by molar-refractivity contribution is 0.0602. The standard InChI is InChI=1S/C14H18N4O2S2/c1-4-10-7-11(13(19)20-3)12(22-10)17-14(21)15-8-9-5-6-16-18(9)2/h5-7H,4,8H2,1-3H3,(H2,15,17,21). The second kappa shape index (κ2) is 7.37. The minimum atomic E-state index is -0.368. The number of hydrogen-bond donors (Lipinski definition) is 2. The molecule has 0 saturated heterocycles. The van der Waals surface area contributed by atoms with Crippen molar-refractivity contribution in [2.45, 2.75) is 19.9 Å². The maximum atomic E-state index is 11.8. The zero-order valence-electron chi connectivity index (χ0n) is 12.7. The van der Waals surface area contributed by atoms with E-state index >= 15 is 0 Å². The van der Waals surface area contributed by atoms with Gasteiger partial charge < -0.3 is 15.4 Å². The maximum Gasteiger partial charge on any atom is 0.340 e. The molecule has 0 bridgehead atoms. The van der Waals surface area contributed by atoms with Gasteiger partial charge in [0.15, 0.2) is 5.11 Å². The summed E-state index contributed by atoms with van der Waals surface area (Å²) in [5, 5.41) is 11.4. The fraction of sp³-hybridized carbons (Fsp3) is 0.357. The van der Waals surface area contributed by atoms with E-state index in [4.69, 9.17) is 17.0 Å². The number of anilines is 1. The molecule has 0 aliphatic rings. The zero-order chi connectivity index (χ0) is 16.1. The quantitative estimate of drug-likeness (QED) is 0.644. The number of hydrogen-bond acceptors (Lipinski definition) is 5. The number of carbonyl (C=O) groups excluding carboxylic acids is 1. The van der Waals surface area contributed by atoms with Crippen LogP contribution in [0.15, 0.2) is 18.3 Å². The molecule has 0 radical (unpaired) electrons. The van der Waals surface area contributed by atoms with E-state index < -0.39 is 0 Å². The Balaban J connectivity index is 2.03. The Morgan fingerprint density at radius 3 is 2.91 bits per heavy atom. The van der Waals surface area contributed by atoms with Crippen molar-refractivity contribution in [1.82, 2.24) is 15.1 Å². The number of rotatable bonds is 5. The van der Waals surface area contributed by atoms with Gasteiger partial charge in [0.2, 0.25) is 0 Å². The van der Waals surface area contributed by atoms with Crippen molar-refractivity contribution in [3.05, 3.63) is 34.5 Å². The molecule has 0 amide bonds. The summed E-state index contributed by atoms with van der Waals surface area (Å²) in [5.74, 6) is -0.368. The summed E-state index contributed by atoms with van der Waals surface area (Å²) >= 11 is 6.78. The van der Waals surface area contributed by atoms with Crippen molar-refractivity contribution in [3.8, 4) is 0 Å². The minimum Gasteiger partial charge on any atom is -0.465 e. The Kier molecular flexibility index (Phi) is 5.51. The lowest BCUT2D eigenvalue weighted by Gasteiger charge is -2.10. The molecule has 22 heavy (non-hydrogen) atoms.